The molecule has 0 radical (unpaired) electrons. The van der Waals surface area contributed by atoms with Gasteiger partial charge in [0.1, 0.15) is 0 Å². The average Bonchev–Trinajstić information content (AvgIpc) is 2.82. The van der Waals surface area contributed by atoms with Crippen LogP contribution in [0.4, 0.5) is 5.69 Å². The maximum atomic E-state index is 11.3. The number of benzene rings is 1. The zero-order valence-corrected chi connectivity index (χ0v) is 11.9. The molecule has 5 heteroatoms. The normalized spacial score (nSPS) is 11.0. The van der Waals surface area contributed by atoms with Crippen LogP contribution in [-0.2, 0) is 0 Å². The van der Waals surface area contributed by atoms with Crippen molar-refractivity contribution in [3.63, 3.8) is 0 Å². The van der Waals surface area contributed by atoms with Crippen molar-refractivity contribution in [1.82, 2.24) is 9.61 Å². The molecule has 5 nitrogen and oxygen atoms in total. The SMILES string of the molecule is Cc1cc(C)cc(-c2cc3c(N)c(C(N)=O)cnn3c2)c1. The van der Waals surface area contributed by atoms with Crippen LogP contribution in [0.25, 0.3) is 16.6 Å². The zero-order valence-electron chi connectivity index (χ0n) is 11.9. The minimum absolute atomic E-state index is 0.243. The Morgan fingerprint density at radius 2 is 1.76 bits per heavy atom. The van der Waals surface area contributed by atoms with Gasteiger partial charge in [0, 0.05) is 11.8 Å². The summed E-state index contributed by atoms with van der Waals surface area (Å²) >= 11 is 0. The van der Waals surface area contributed by atoms with Gasteiger partial charge in [-0.2, -0.15) is 5.10 Å². The maximum Gasteiger partial charge on any atom is 0.252 e. The van der Waals surface area contributed by atoms with Crippen molar-refractivity contribution in [2.75, 3.05) is 5.73 Å². The summed E-state index contributed by atoms with van der Waals surface area (Å²) in [6.07, 6.45) is 3.29. The minimum atomic E-state index is -0.573. The summed E-state index contributed by atoms with van der Waals surface area (Å²) in [7, 11) is 0. The number of anilines is 1. The van der Waals surface area contributed by atoms with E-state index in [4.69, 9.17) is 11.5 Å². The van der Waals surface area contributed by atoms with E-state index in [2.05, 4.69) is 37.1 Å². The summed E-state index contributed by atoms with van der Waals surface area (Å²) in [5.41, 5.74) is 17.1. The first-order chi connectivity index (χ1) is 9.95. The first kappa shape index (κ1) is 13.2. The van der Waals surface area contributed by atoms with E-state index in [0.717, 1.165) is 11.1 Å². The Labute approximate surface area is 122 Å². The van der Waals surface area contributed by atoms with Gasteiger partial charge in [-0.3, -0.25) is 4.79 Å². The van der Waals surface area contributed by atoms with E-state index in [-0.39, 0.29) is 5.56 Å². The Bertz CT molecular complexity index is 844. The number of nitrogens with two attached hydrogens (primary N) is 2. The zero-order chi connectivity index (χ0) is 15.1. The fourth-order valence-corrected chi connectivity index (χ4v) is 2.57. The molecule has 0 fully saturated rings. The van der Waals surface area contributed by atoms with E-state index in [1.807, 2.05) is 12.3 Å². The van der Waals surface area contributed by atoms with Crippen LogP contribution in [0, 0.1) is 13.8 Å². The molecule has 3 rings (SSSR count). The topological polar surface area (TPSA) is 86.4 Å². The number of rotatable bonds is 2. The van der Waals surface area contributed by atoms with Gasteiger partial charge >= 0.3 is 0 Å². The molecule has 3 aromatic rings. The minimum Gasteiger partial charge on any atom is -0.396 e. The molecule has 4 N–H and O–H groups in total. The molecule has 106 valence electrons. The number of hydrogen-bond acceptors (Lipinski definition) is 3. The number of nitrogens with zero attached hydrogens (tertiary/aromatic N) is 2. The fourth-order valence-electron chi connectivity index (χ4n) is 2.57. The van der Waals surface area contributed by atoms with Gasteiger partial charge in [-0.15, -0.1) is 0 Å². The number of fused-ring (bicyclic) bond motifs is 1. The third-order valence-corrected chi connectivity index (χ3v) is 3.50. The molecule has 0 saturated heterocycles. The van der Waals surface area contributed by atoms with Crippen molar-refractivity contribution in [1.29, 1.82) is 0 Å². The van der Waals surface area contributed by atoms with Gasteiger partial charge < -0.3 is 11.5 Å². The Morgan fingerprint density at radius 1 is 1.10 bits per heavy atom. The second-order valence-corrected chi connectivity index (χ2v) is 5.27. The summed E-state index contributed by atoms with van der Waals surface area (Å²) in [6, 6.07) is 8.25. The number of nitrogen functional groups attached to an aromatic ring is 1. The lowest BCUT2D eigenvalue weighted by atomic mass is 10.0. The smallest absolute Gasteiger partial charge is 0.252 e. The van der Waals surface area contributed by atoms with Gasteiger partial charge in [0.15, 0.2) is 0 Å². The molecule has 2 aromatic heterocycles. The predicted molar refractivity (Wildman–Crippen MR) is 83.0 cm³/mol. The number of amides is 1. The van der Waals surface area contributed by atoms with Gasteiger partial charge in [-0.05, 0) is 25.5 Å². The maximum absolute atomic E-state index is 11.3. The van der Waals surface area contributed by atoms with Crippen molar-refractivity contribution in [2.45, 2.75) is 13.8 Å². The highest BCUT2D eigenvalue weighted by molar-refractivity contribution is 6.01. The number of aryl methyl sites for hydroxylation is 2. The van der Waals surface area contributed by atoms with E-state index in [9.17, 15) is 4.79 Å². The molecule has 0 aliphatic heterocycles. The van der Waals surface area contributed by atoms with Gasteiger partial charge in [0.25, 0.3) is 5.91 Å². The molecular formula is C16H16N4O. The standard InChI is InChI=1S/C16H16N4O/c1-9-3-10(2)5-11(4-9)12-6-14-15(17)13(16(18)21)7-19-20(14)8-12/h3-8H,17H2,1-2H3,(H2,18,21). The molecule has 1 aromatic carbocycles. The van der Waals surface area contributed by atoms with Crippen LogP contribution < -0.4 is 11.5 Å². The molecule has 1 amide bonds. The molecule has 0 spiro atoms. The highest BCUT2D eigenvalue weighted by Gasteiger charge is 2.12. The predicted octanol–water partition coefficient (Wildman–Crippen LogP) is 2.30. The van der Waals surface area contributed by atoms with Crippen LogP contribution in [0.3, 0.4) is 0 Å². The second-order valence-electron chi connectivity index (χ2n) is 5.27. The summed E-state index contributed by atoms with van der Waals surface area (Å²) in [6.45, 7) is 4.12. The van der Waals surface area contributed by atoms with Gasteiger partial charge in [0.05, 0.1) is 23.0 Å². The van der Waals surface area contributed by atoms with E-state index < -0.39 is 5.91 Å². The molecule has 2 heterocycles. The van der Waals surface area contributed by atoms with E-state index in [1.165, 1.54) is 17.3 Å². The number of hydrogen-bond donors (Lipinski definition) is 2. The third-order valence-electron chi connectivity index (χ3n) is 3.50. The Kier molecular flexibility index (Phi) is 2.90. The lowest BCUT2D eigenvalue weighted by Gasteiger charge is -2.02. The van der Waals surface area contributed by atoms with Crippen LogP contribution >= 0.6 is 0 Å². The highest BCUT2D eigenvalue weighted by Crippen LogP contribution is 2.27. The largest absolute Gasteiger partial charge is 0.396 e. The van der Waals surface area contributed by atoms with Gasteiger partial charge in [-0.25, -0.2) is 4.52 Å². The lowest BCUT2D eigenvalue weighted by molar-refractivity contribution is 0.100. The molecule has 0 aliphatic rings. The number of carbonyl (C=O) groups excluding carboxylic acids is 1. The molecule has 21 heavy (non-hydrogen) atoms. The van der Waals surface area contributed by atoms with Crippen LogP contribution in [-0.4, -0.2) is 15.5 Å². The van der Waals surface area contributed by atoms with Crippen molar-refractivity contribution < 1.29 is 4.79 Å². The van der Waals surface area contributed by atoms with Crippen LogP contribution in [0.5, 0.6) is 0 Å². The van der Waals surface area contributed by atoms with Crippen molar-refractivity contribution in [3.8, 4) is 11.1 Å². The summed E-state index contributed by atoms with van der Waals surface area (Å²) in [5, 5.41) is 4.19. The molecule has 0 saturated carbocycles. The summed E-state index contributed by atoms with van der Waals surface area (Å²) in [4.78, 5) is 11.3. The molecular weight excluding hydrogens is 264 g/mol. The number of primary amides is 1. The Morgan fingerprint density at radius 3 is 2.38 bits per heavy atom. The van der Waals surface area contributed by atoms with E-state index in [1.54, 1.807) is 4.52 Å². The first-order valence-corrected chi connectivity index (χ1v) is 6.61. The third kappa shape index (κ3) is 2.23. The van der Waals surface area contributed by atoms with E-state index >= 15 is 0 Å². The lowest BCUT2D eigenvalue weighted by Crippen LogP contribution is -2.15. The van der Waals surface area contributed by atoms with Gasteiger partial charge in [0.2, 0.25) is 0 Å². The monoisotopic (exact) mass is 280 g/mol. The summed E-state index contributed by atoms with van der Waals surface area (Å²) < 4.78 is 1.66. The van der Waals surface area contributed by atoms with Crippen LogP contribution in [0.15, 0.2) is 36.7 Å². The molecule has 0 unspecified atom stereocenters. The fraction of sp³-hybridized carbons (Fsp3) is 0.125. The molecule has 0 aliphatic carbocycles. The Hall–Kier alpha value is -2.82. The molecule has 0 atom stereocenters. The average molecular weight is 280 g/mol. The molecule has 0 bridgehead atoms. The quantitative estimate of drug-likeness (QED) is 0.755. The van der Waals surface area contributed by atoms with E-state index in [0.29, 0.717) is 11.2 Å². The van der Waals surface area contributed by atoms with Crippen molar-refractivity contribution in [3.05, 3.63) is 53.3 Å². The number of carbonyl (C=O) groups is 1. The highest BCUT2D eigenvalue weighted by atomic mass is 16.1. The summed E-state index contributed by atoms with van der Waals surface area (Å²) in [5.74, 6) is -0.573. The van der Waals surface area contributed by atoms with Gasteiger partial charge in [-0.1, -0.05) is 29.3 Å². The Balaban J connectivity index is 2.21. The number of aromatic nitrogens is 2. The van der Waals surface area contributed by atoms with Crippen LogP contribution in [0.1, 0.15) is 21.5 Å². The van der Waals surface area contributed by atoms with Crippen LogP contribution in [0.2, 0.25) is 0 Å². The second kappa shape index (κ2) is 4.63. The first-order valence-electron chi connectivity index (χ1n) is 6.61. The van der Waals surface area contributed by atoms with Crippen molar-refractivity contribution in [2.24, 2.45) is 5.73 Å². The van der Waals surface area contributed by atoms with Crippen molar-refractivity contribution >= 4 is 17.1 Å².